The molecule has 1 aliphatic carbocycles. The zero-order chi connectivity index (χ0) is 11.4. The molecule has 2 heteroatoms. The Balaban J connectivity index is 0.000000265. The van der Waals surface area contributed by atoms with Crippen LogP contribution in [0, 0.1) is 22.7 Å². The number of hydrogen-bond donors (Lipinski definition) is 0. The Bertz CT molecular complexity index is 276. The third-order valence-corrected chi connectivity index (χ3v) is 2.13. The topological polar surface area (TPSA) is 47.6 Å². The molecule has 0 amide bonds. The summed E-state index contributed by atoms with van der Waals surface area (Å²) in [6, 6.07) is 4.22. The van der Waals surface area contributed by atoms with Gasteiger partial charge in [-0.25, -0.2) is 0 Å². The van der Waals surface area contributed by atoms with Gasteiger partial charge in [0, 0.05) is 12.0 Å². The molecule has 0 fully saturated rings. The molecule has 0 N–H and O–H groups in total. The quantitative estimate of drug-likeness (QED) is 0.515. The van der Waals surface area contributed by atoms with Crippen molar-refractivity contribution in [2.75, 3.05) is 0 Å². The highest BCUT2D eigenvalue weighted by atomic mass is 14.2. The lowest BCUT2D eigenvalue weighted by Gasteiger charge is -2.03. The first kappa shape index (κ1) is 13.5. The fourth-order valence-electron chi connectivity index (χ4n) is 1.27. The minimum Gasteiger partial charge on any atom is -0.198 e. The molecule has 0 saturated heterocycles. The molecule has 15 heavy (non-hydrogen) atoms. The Morgan fingerprint density at radius 1 is 1.40 bits per heavy atom. The molecular weight excluding hydrogens is 184 g/mol. The molecule has 0 spiro atoms. The minimum atomic E-state index is 0.659. The van der Waals surface area contributed by atoms with E-state index in [9.17, 15) is 0 Å². The normalized spacial score (nSPS) is 13.6. The summed E-state index contributed by atoms with van der Waals surface area (Å²) in [5, 5.41) is 16.4. The highest BCUT2D eigenvalue weighted by Gasteiger charge is 1.99. The van der Waals surface area contributed by atoms with Crippen LogP contribution in [0.4, 0.5) is 0 Å². The SMILES string of the molecule is C=CCCCC#N.N#CC1=CCCCC1. The average Bonchev–Trinajstić information content (AvgIpc) is 2.32. The molecule has 1 rings (SSSR count). The van der Waals surface area contributed by atoms with Crippen molar-refractivity contribution in [3.63, 3.8) is 0 Å². The first-order valence-electron chi connectivity index (χ1n) is 5.42. The van der Waals surface area contributed by atoms with E-state index in [1.54, 1.807) is 0 Å². The number of nitrogens with zero attached hydrogens (tertiary/aromatic N) is 2. The van der Waals surface area contributed by atoms with Gasteiger partial charge in [-0.05, 0) is 38.5 Å². The van der Waals surface area contributed by atoms with Crippen molar-refractivity contribution >= 4 is 0 Å². The van der Waals surface area contributed by atoms with Crippen LogP contribution in [0.15, 0.2) is 24.3 Å². The van der Waals surface area contributed by atoms with Crippen LogP contribution in [0.1, 0.15) is 44.9 Å². The highest BCUT2D eigenvalue weighted by molar-refractivity contribution is 5.21. The van der Waals surface area contributed by atoms with E-state index in [-0.39, 0.29) is 0 Å². The van der Waals surface area contributed by atoms with Gasteiger partial charge in [-0.1, -0.05) is 12.2 Å². The molecule has 0 aromatic heterocycles. The fraction of sp³-hybridized carbons (Fsp3) is 0.538. The lowest BCUT2D eigenvalue weighted by Crippen LogP contribution is -1.87. The van der Waals surface area contributed by atoms with Crippen LogP contribution in [0.25, 0.3) is 0 Å². The van der Waals surface area contributed by atoms with Gasteiger partial charge in [0.05, 0.1) is 12.1 Å². The maximum atomic E-state index is 8.37. The molecule has 0 atom stereocenters. The molecule has 2 nitrogen and oxygen atoms in total. The minimum absolute atomic E-state index is 0.659. The zero-order valence-electron chi connectivity index (χ0n) is 9.21. The molecule has 0 aliphatic heterocycles. The standard InChI is InChI=1S/C7H9N.C6H9N/c8-6-7-4-2-1-3-5-7;1-2-3-4-5-6-7/h4H,1-3,5H2;2H,1,3-5H2. The van der Waals surface area contributed by atoms with Crippen molar-refractivity contribution in [3.05, 3.63) is 24.3 Å². The Kier molecular flexibility index (Phi) is 9.46. The molecule has 0 saturated carbocycles. The van der Waals surface area contributed by atoms with Crippen LogP contribution < -0.4 is 0 Å². The van der Waals surface area contributed by atoms with Gasteiger partial charge >= 0.3 is 0 Å². The second-order valence-electron chi connectivity index (χ2n) is 3.43. The molecule has 80 valence electrons. The Morgan fingerprint density at radius 2 is 2.20 bits per heavy atom. The summed E-state index contributed by atoms with van der Waals surface area (Å²) in [6.07, 6.45) is 11.1. The van der Waals surface area contributed by atoms with E-state index < -0.39 is 0 Å². The van der Waals surface area contributed by atoms with Crippen LogP contribution in [0.5, 0.6) is 0 Å². The van der Waals surface area contributed by atoms with Crippen molar-refractivity contribution in [1.82, 2.24) is 0 Å². The molecule has 0 bridgehead atoms. The summed E-state index contributed by atoms with van der Waals surface area (Å²) < 4.78 is 0. The summed E-state index contributed by atoms with van der Waals surface area (Å²) in [7, 11) is 0. The van der Waals surface area contributed by atoms with Gasteiger partial charge in [0.15, 0.2) is 0 Å². The van der Waals surface area contributed by atoms with E-state index in [4.69, 9.17) is 10.5 Å². The van der Waals surface area contributed by atoms with Crippen LogP contribution in [-0.4, -0.2) is 0 Å². The molecule has 0 unspecified atom stereocenters. The summed E-state index contributed by atoms with van der Waals surface area (Å²) in [4.78, 5) is 0. The maximum Gasteiger partial charge on any atom is 0.0943 e. The second-order valence-corrected chi connectivity index (χ2v) is 3.43. The number of hydrogen-bond acceptors (Lipinski definition) is 2. The van der Waals surface area contributed by atoms with Gasteiger partial charge in [-0.15, -0.1) is 6.58 Å². The molecule has 0 aromatic rings. The largest absolute Gasteiger partial charge is 0.198 e. The number of unbranched alkanes of at least 4 members (excludes halogenated alkanes) is 2. The van der Waals surface area contributed by atoms with Gasteiger partial charge in [0.25, 0.3) is 0 Å². The van der Waals surface area contributed by atoms with E-state index >= 15 is 0 Å². The van der Waals surface area contributed by atoms with Gasteiger partial charge in [-0.3, -0.25) is 0 Å². The fourth-order valence-corrected chi connectivity index (χ4v) is 1.27. The monoisotopic (exact) mass is 202 g/mol. The van der Waals surface area contributed by atoms with Crippen molar-refractivity contribution in [2.45, 2.75) is 44.9 Å². The molecule has 0 aromatic carbocycles. The number of rotatable bonds is 3. The number of nitriles is 2. The predicted octanol–water partition coefficient (Wildman–Crippen LogP) is 3.88. The molecule has 0 radical (unpaired) electrons. The lowest BCUT2D eigenvalue weighted by atomic mass is 10.0. The Labute approximate surface area is 92.5 Å². The van der Waals surface area contributed by atoms with Gasteiger partial charge in [0.1, 0.15) is 0 Å². The van der Waals surface area contributed by atoms with Gasteiger partial charge < -0.3 is 0 Å². The van der Waals surface area contributed by atoms with Crippen LogP contribution in [-0.2, 0) is 0 Å². The van der Waals surface area contributed by atoms with Crippen LogP contribution in [0.2, 0.25) is 0 Å². The summed E-state index contributed by atoms with van der Waals surface area (Å²) in [5.41, 5.74) is 0.983. The smallest absolute Gasteiger partial charge is 0.0943 e. The zero-order valence-corrected chi connectivity index (χ0v) is 9.21. The first-order valence-corrected chi connectivity index (χ1v) is 5.42. The average molecular weight is 202 g/mol. The third kappa shape index (κ3) is 8.78. The molecule has 0 heterocycles. The molecular formula is C13H18N2. The lowest BCUT2D eigenvalue weighted by molar-refractivity contribution is 0.714. The van der Waals surface area contributed by atoms with E-state index in [0.717, 1.165) is 31.3 Å². The summed E-state index contributed by atoms with van der Waals surface area (Å²) in [6.45, 7) is 3.52. The molecule has 1 aliphatic rings. The third-order valence-electron chi connectivity index (χ3n) is 2.13. The van der Waals surface area contributed by atoms with Crippen molar-refractivity contribution < 1.29 is 0 Å². The van der Waals surface area contributed by atoms with Crippen LogP contribution >= 0.6 is 0 Å². The first-order chi connectivity index (χ1) is 7.35. The van der Waals surface area contributed by atoms with Crippen molar-refractivity contribution in [2.24, 2.45) is 0 Å². The van der Waals surface area contributed by atoms with Crippen molar-refractivity contribution in [3.8, 4) is 12.1 Å². The van der Waals surface area contributed by atoms with Gasteiger partial charge in [0.2, 0.25) is 0 Å². The Morgan fingerprint density at radius 3 is 2.60 bits per heavy atom. The van der Waals surface area contributed by atoms with E-state index in [1.165, 1.54) is 12.8 Å². The Hall–Kier alpha value is -1.54. The summed E-state index contributed by atoms with van der Waals surface area (Å²) >= 11 is 0. The summed E-state index contributed by atoms with van der Waals surface area (Å²) in [5.74, 6) is 0. The van der Waals surface area contributed by atoms with E-state index in [0.29, 0.717) is 6.42 Å². The number of allylic oxidation sites excluding steroid dienone is 3. The second kappa shape index (κ2) is 10.5. The maximum absolute atomic E-state index is 8.37. The van der Waals surface area contributed by atoms with Gasteiger partial charge in [-0.2, -0.15) is 10.5 Å². The highest BCUT2D eigenvalue weighted by Crippen LogP contribution is 2.15. The van der Waals surface area contributed by atoms with Crippen molar-refractivity contribution in [1.29, 1.82) is 10.5 Å². The van der Waals surface area contributed by atoms with Crippen LogP contribution in [0.3, 0.4) is 0 Å². The van der Waals surface area contributed by atoms with E-state index in [1.807, 2.05) is 12.2 Å². The predicted molar refractivity (Wildman–Crippen MR) is 61.8 cm³/mol. The van der Waals surface area contributed by atoms with E-state index in [2.05, 4.69) is 18.7 Å².